The number of pyridine rings is 1. The number of nitrogens with one attached hydrogen (secondary N) is 1. The van der Waals surface area contributed by atoms with Gasteiger partial charge in [0.1, 0.15) is 11.5 Å². The van der Waals surface area contributed by atoms with Crippen LogP contribution in [-0.2, 0) is 4.79 Å². The number of nitrogens with zero attached hydrogens (tertiary/aromatic N) is 1. The summed E-state index contributed by atoms with van der Waals surface area (Å²) >= 11 is 0. The first-order valence-electron chi connectivity index (χ1n) is 7.25. The number of anilines is 1. The van der Waals surface area contributed by atoms with Crippen LogP contribution in [0.15, 0.2) is 41.0 Å². The zero-order valence-electron chi connectivity index (χ0n) is 12.6. The molecule has 2 atom stereocenters. The molecule has 1 amide bonds. The molecule has 22 heavy (non-hydrogen) atoms. The van der Waals surface area contributed by atoms with Crippen LogP contribution in [-0.4, -0.2) is 18.0 Å². The zero-order valence-corrected chi connectivity index (χ0v) is 12.6. The Morgan fingerprint density at radius 3 is 3.00 bits per heavy atom. The Balaban J connectivity index is 1.62. The summed E-state index contributed by atoms with van der Waals surface area (Å²) in [5.41, 5.74) is 0. The lowest BCUT2D eigenvalue weighted by molar-refractivity contribution is -0.111. The number of amides is 1. The van der Waals surface area contributed by atoms with Crippen molar-refractivity contribution >= 4 is 17.8 Å². The van der Waals surface area contributed by atoms with Crippen molar-refractivity contribution in [3.05, 3.63) is 48.1 Å². The highest BCUT2D eigenvalue weighted by atomic mass is 16.5. The van der Waals surface area contributed by atoms with E-state index in [0.717, 1.165) is 5.76 Å². The number of rotatable bonds is 5. The van der Waals surface area contributed by atoms with Gasteiger partial charge in [-0.3, -0.25) is 4.79 Å². The molecule has 2 unspecified atom stereocenters. The van der Waals surface area contributed by atoms with Crippen LogP contribution in [0.25, 0.3) is 6.08 Å². The fourth-order valence-corrected chi connectivity index (χ4v) is 2.34. The molecule has 1 aliphatic carbocycles. The largest absolute Gasteiger partial charge is 0.493 e. The smallest absolute Gasteiger partial charge is 0.249 e. The summed E-state index contributed by atoms with van der Waals surface area (Å²) in [5, 5.41) is 2.68. The van der Waals surface area contributed by atoms with Crippen LogP contribution in [0.2, 0.25) is 0 Å². The van der Waals surface area contributed by atoms with E-state index in [0.29, 0.717) is 29.2 Å². The summed E-state index contributed by atoms with van der Waals surface area (Å²) in [6.07, 6.45) is 5.85. The summed E-state index contributed by atoms with van der Waals surface area (Å²) in [7, 11) is 1.53. The van der Waals surface area contributed by atoms with Gasteiger partial charge in [-0.25, -0.2) is 4.98 Å². The molecule has 1 saturated carbocycles. The lowest BCUT2D eigenvalue weighted by Crippen LogP contribution is -2.10. The van der Waals surface area contributed by atoms with Gasteiger partial charge in [0, 0.05) is 18.2 Å². The summed E-state index contributed by atoms with van der Waals surface area (Å²) in [5.74, 6) is 3.54. The highest BCUT2D eigenvalue weighted by Crippen LogP contribution is 2.47. The molecule has 3 rings (SSSR count). The number of hydrogen-bond donors (Lipinski definition) is 1. The van der Waals surface area contributed by atoms with Gasteiger partial charge in [0.2, 0.25) is 5.91 Å². The Kier molecular flexibility index (Phi) is 3.96. The maximum Gasteiger partial charge on any atom is 0.249 e. The summed E-state index contributed by atoms with van der Waals surface area (Å²) in [4.78, 5) is 16.0. The van der Waals surface area contributed by atoms with E-state index in [1.54, 1.807) is 24.4 Å². The molecular formula is C17H18N2O3. The van der Waals surface area contributed by atoms with Gasteiger partial charge in [0.15, 0.2) is 11.6 Å². The highest BCUT2D eigenvalue weighted by Gasteiger charge is 2.36. The molecule has 1 fully saturated rings. The van der Waals surface area contributed by atoms with Crippen molar-refractivity contribution in [3.8, 4) is 5.75 Å². The van der Waals surface area contributed by atoms with Crippen molar-refractivity contribution in [2.45, 2.75) is 19.3 Å². The molecule has 0 spiro atoms. The first kappa shape index (κ1) is 14.4. The van der Waals surface area contributed by atoms with Crippen molar-refractivity contribution in [1.29, 1.82) is 0 Å². The van der Waals surface area contributed by atoms with Crippen LogP contribution in [0.5, 0.6) is 5.75 Å². The Morgan fingerprint density at radius 2 is 2.27 bits per heavy atom. The van der Waals surface area contributed by atoms with Crippen LogP contribution < -0.4 is 10.1 Å². The molecule has 1 aliphatic rings. The molecule has 1 N–H and O–H groups in total. The molecule has 5 heteroatoms. The molecule has 0 radical (unpaired) electrons. The number of furan rings is 1. The quantitative estimate of drug-likeness (QED) is 0.859. The Hall–Kier alpha value is -2.56. The van der Waals surface area contributed by atoms with E-state index < -0.39 is 0 Å². The summed E-state index contributed by atoms with van der Waals surface area (Å²) in [6.45, 7) is 2.20. The van der Waals surface area contributed by atoms with Crippen LogP contribution in [0.3, 0.4) is 0 Å². The molecule has 5 nitrogen and oxygen atoms in total. The van der Waals surface area contributed by atoms with E-state index in [9.17, 15) is 4.79 Å². The number of hydrogen-bond acceptors (Lipinski definition) is 4. The Labute approximate surface area is 129 Å². The number of aromatic nitrogens is 1. The maximum absolute atomic E-state index is 11.9. The molecule has 114 valence electrons. The van der Waals surface area contributed by atoms with Crippen molar-refractivity contribution in [2.24, 2.45) is 5.92 Å². The van der Waals surface area contributed by atoms with Crippen molar-refractivity contribution in [2.75, 3.05) is 12.4 Å². The van der Waals surface area contributed by atoms with Crippen LogP contribution in [0.4, 0.5) is 5.82 Å². The average molecular weight is 298 g/mol. The minimum absolute atomic E-state index is 0.283. The molecule has 0 saturated heterocycles. The number of carbonyl (C=O) groups is 1. The van der Waals surface area contributed by atoms with E-state index in [1.165, 1.54) is 19.6 Å². The van der Waals surface area contributed by atoms with Crippen molar-refractivity contribution in [3.63, 3.8) is 0 Å². The predicted octanol–water partition coefficient (Wildman–Crippen LogP) is 3.46. The average Bonchev–Trinajstić information content (AvgIpc) is 3.07. The highest BCUT2D eigenvalue weighted by molar-refractivity contribution is 6.01. The summed E-state index contributed by atoms with van der Waals surface area (Å²) in [6, 6.07) is 7.34. The monoisotopic (exact) mass is 298 g/mol. The van der Waals surface area contributed by atoms with E-state index in [4.69, 9.17) is 9.15 Å². The molecule has 0 aliphatic heterocycles. The Morgan fingerprint density at radius 1 is 1.45 bits per heavy atom. The maximum atomic E-state index is 11.9. The third-order valence-electron chi connectivity index (χ3n) is 3.75. The van der Waals surface area contributed by atoms with Crippen molar-refractivity contribution in [1.82, 2.24) is 4.98 Å². The third kappa shape index (κ3) is 3.19. The molecule has 2 aromatic rings. The van der Waals surface area contributed by atoms with Gasteiger partial charge in [-0.1, -0.05) is 6.92 Å². The van der Waals surface area contributed by atoms with E-state index in [2.05, 4.69) is 17.2 Å². The fraction of sp³-hybridized carbons (Fsp3) is 0.294. The molecule has 0 aromatic carbocycles. The normalized spacial score (nSPS) is 20.1. The van der Waals surface area contributed by atoms with Crippen LogP contribution in [0.1, 0.15) is 30.8 Å². The lowest BCUT2D eigenvalue weighted by atomic mass is 10.3. The molecule has 2 aromatic heterocycles. The second kappa shape index (κ2) is 6.05. The zero-order chi connectivity index (χ0) is 15.5. The molecule has 0 bridgehead atoms. The minimum Gasteiger partial charge on any atom is -0.493 e. The number of carbonyl (C=O) groups excluding carboxylic acids is 1. The van der Waals surface area contributed by atoms with Gasteiger partial charge < -0.3 is 14.5 Å². The van der Waals surface area contributed by atoms with Crippen LogP contribution in [0, 0.1) is 5.92 Å². The second-order valence-electron chi connectivity index (χ2n) is 5.44. The van der Waals surface area contributed by atoms with Gasteiger partial charge in [0.05, 0.1) is 7.11 Å². The van der Waals surface area contributed by atoms with Gasteiger partial charge in [-0.15, -0.1) is 0 Å². The first-order valence-corrected chi connectivity index (χ1v) is 7.25. The lowest BCUT2D eigenvalue weighted by Gasteiger charge is -2.06. The second-order valence-corrected chi connectivity index (χ2v) is 5.44. The van der Waals surface area contributed by atoms with E-state index in [1.807, 2.05) is 12.1 Å². The number of methoxy groups -OCH3 is 1. The van der Waals surface area contributed by atoms with Gasteiger partial charge in [-0.2, -0.15) is 0 Å². The topological polar surface area (TPSA) is 64.4 Å². The predicted molar refractivity (Wildman–Crippen MR) is 83.7 cm³/mol. The minimum atomic E-state index is -0.283. The van der Waals surface area contributed by atoms with Crippen molar-refractivity contribution < 1.29 is 13.9 Å². The van der Waals surface area contributed by atoms with Crippen LogP contribution >= 0.6 is 0 Å². The van der Waals surface area contributed by atoms with E-state index in [-0.39, 0.29) is 5.91 Å². The fourth-order valence-electron chi connectivity index (χ4n) is 2.34. The SMILES string of the molecule is COc1cccnc1NC(=O)/C=C/c1ccc(C2CC2C)o1. The standard InChI is InChI=1S/C17H18N2O3/c1-11-10-13(11)14-7-5-12(22-14)6-8-16(20)19-17-15(21-2)4-3-9-18-17/h3-9,11,13H,10H2,1-2H3,(H,18,19,20)/b8-6+. The molecular weight excluding hydrogens is 280 g/mol. The Bertz CT molecular complexity index is 705. The van der Waals surface area contributed by atoms with Gasteiger partial charge >= 0.3 is 0 Å². The van der Waals surface area contributed by atoms with Gasteiger partial charge in [-0.05, 0) is 42.7 Å². The third-order valence-corrected chi connectivity index (χ3v) is 3.75. The van der Waals surface area contributed by atoms with Gasteiger partial charge in [0.25, 0.3) is 0 Å². The molecule has 2 heterocycles. The first-order chi connectivity index (χ1) is 10.7. The number of ether oxygens (including phenoxy) is 1. The van der Waals surface area contributed by atoms with E-state index >= 15 is 0 Å². The summed E-state index contributed by atoms with van der Waals surface area (Å²) < 4.78 is 10.9.